The van der Waals surface area contributed by atoms with Crippen LogP contribution < -0.4 is 5.73 Å². The minimum absolute atomic E-state index is 0.0727. The van der Waals surface area contributed by atoms with E-state index in [-0.39, 0.29) is 12.6 Å². The summed E-state index contributed by atoms with van der Waals surface area (Å²) in [4.78, 5) is 0. The molecule has 0 aliphatic carbocycles. The Morgan fingerprint density at radius 3 is 2.77 bits per heavy atom. The molecule has 0 radical (unpaired) electrons. The van der Waals surface area contributed by atoms with E-state index < -0.39 is 0 Å². The van der Waals surface area contributed by atoms with E-state index in [1.165, 1.54) is 0 Å². The van der Waals surface area contributed by atoms with Gasteiger partial charge in [-0.2, -0.15) is 0 Å². The highest BCUT2D eigenvalue weighted by molar-refractivity contribution is 6.31. The first-order valence-corrected chi connectivity index (χ1v) is 4.72. The van der Waals surface area contributed by atoms with E-state index in [0.717, 1.165) is 17.5 Å². The molecule has 1 atom stereocenters. The Morgan fingerprint density at radius 2 is 2.23 bits per heavy atom. The lowest BCUT2D eigenvalue weighted by molar-refractivity contribution is 0.267. The molecule has 1 aromatic carbocycles. The first kappa shape index (κ1) is 10.5. The van der Waals surface area contributed by atoms with Crippen molar-refractivity contribution in [1.29, 1.82) is 0 Å². The minimum Gasteiger partial charge on any atom is -0.394 e. The van der Waals surface area contributed by atoms with E-state index in [0.29, 0.717) is 5.02 Å². The summed E-state index contributed by atoms with van der Waals surface area (Å²) in [6, 6.07) is 5.31. The number of hydrogen-bond donors (Lipinski definition) is 2. The quantitative estimate of drug-likeness (QED) is 0.781. The van der Waals surface area contributed by atoms with Gasteiger partial charge in [-0.3, -0.25) is 0 Å². The van der Waals surface area contributed by atoms with Crippen molar-refractivity contribution < 1.29 is 5.11 Å². The Bertz CT molecular complexity index is 288. The summed E-state index contributed by atoms with van der Waals surface area (Å²) in [6.45, 7) is 1.97. The molecule has 13 heavy (non-hydrogen) atoms. The first-order chi connectivity index (χ1) is 6.20. The van der Waals surface area contributed by atoms with Crippen LogP contribution in [0.2, 0.25) is 5.02 Å². The van der Waals surface area contributed by atoms with Gasteiger partial charge in [-0.05, 0) is 23.6 Å². The largest absolute Gasteiger partial charge is 0.394 e. The fourth-order valence-electron chi connectivity index (χ4n) is 1.40. The van der Waals surface area contributed by atoms with Gasteiger partial charge in [0.25, 0.3) is 0 Å². The van der Waals surface area contributed by atoms with Gasteiger partial charge >= 0.3 is 0 Å². The van der Waals surface area contributed by atoms with Crippen LogP contribution in [-0.2, 0) is 6.42 Å². The van der Waals surface area contributed by atoms with Gasteiger partial charge in [-0.25, -0.2) is 0 Å². The molecular weight excluding hydrogens is 186 g/mol. The molecule has 0 saturated heterocycles. The lowest BCUT2D eigenvalue weighted by atomic mass is 9.99. The Labute approximate surface area is 83.3 Å². The van der Waals surface area contributed by atoms with Gasteiger partial charge in [-0.1, -0.05) is 30.7 Å². The standard InChI is InChI=1S/C10H14ClNO/c1-2-7-4-3-5-8(11)10(7)9(12)6-13/h3-5,9,13H,2,6,12H2,1H3/t9-/m0/s1. The second-order valence-corrected chi connectivity index (χ2v) is 3.36. The van der Waals surface area contributed by atoms with E-state index in [1.807, 2.05) is 19.1 Å². The average Bonchev–Trinajstić information content (AvgIpc) is 2.16. The van der Waals surface area contributed by atoms with Crippen molar-refractivity contribution in [2.24, 2.45) is 5.73 Å². The Kier molecular flexibility index (Phi) is 3.72. The minimum atomic E-state index is -0.372. The Balaban J connectivity index is 3.14. The molecule has 0 heterocycles. The number of aliphatic hydroxyl groups excluding tert-OH is 1. The van der Waals surface area contributed by atoms with Crippen LogP contribution in [-0.4, -0.2) is 11.7 Å². The predicted octanol–water partition coefficient (Wildman–Crippen LogP) is 1.89. The maximum Gasteiger partial charge on any atom is 0.0625 e. The van der Waals surface area contributed by atoms with Crippen LogP contribution in [0.1, 0.15) is 24.1 Å². The van der Waals surface area contributed by atoms with Crippen molar-refractivity contribution in [3.63, 3.8) is 0 Å². The second-order valence-electron chi connectivity index (χ2n) is 2.96. The third kappa shape index (κ3) is 2.21. The molecule has 0 aliphatic heterocycles. The highest BCUT2D eigenvalue weighted by atomic mass is 35.5. The van der Waals surface area contributed by atoms with E-state index in [4.69, 9.17) is 22.4 Å². The zero-order chi connectivity index (χ0) is 9.84. The van der Waals surface area contributed by atoms with Gasteiger partial charge in [-0.15, -0.1) is 0 Å². The molecule has 0 saturated carbocycles. The van der Waals surface area contributed by atoms with Gasteiger partial charge in [0.1, 0.15) is 0 Å². The number of hydrogen-bond acceptors (Lipinski definition) is 2. The van der Waals surface area contributed by atoms with Crippen molar-refractivity contribution in [2.75, 3.05) is 6.61 Å². The summed E-state index contributed by atoms with van der Waals surface area (Å²) in [5.74, 6) is 0. The first-order valence-electron chi connectivity index (χ1n) is 4.34. The summed E-state index contributed by atoms with van der Waals surface area (Å²) in [5.41, 5.74) is 7.71. The van der Waals surface area contributed by atoms with Crippen molar-refractivity contribution in [1.82, 2.24) is 0 Å². The van der Waals surface area contributed by atoms with Gasteiger partial charge in [0, 0.05) is 5.02 Å². The number of benzene rings is 1. The fourth-order valence-corrected chi connectivity index (χ4v) is 1.73. The molecule has 0 amide bonds. The topological polar surface area (TPSA) is 46.2 Å². The molecule has 0 unspecified atom stereocenters. The third-order valence-corrected chi connectivity index (χ3v) is 2.42. The molecule has 2 nitrogen and oxygen atoms in total. The molecule has 3 N–H and O–H groups in total. The SMILES string of the molecule is CCc1cccc(Cl)c1[C@@H](N)CO. The molecule has 0 fully saturated rings. The van der Waals surface area contributed by atoms with E-state index in [9.17, 15) is 0 Å². The van der Waals surface area contributed by atoms with Gasteiger partial charge in [0.15, 0.2) is 0 Å². The fraction of sp³-hybridized carbons (Fsp3) is 0.400. The van der Waals surface area contributed by atoms with Gasteiger partial charge < -0.3 is 10.8 Å². The molecule has 0 bridgehead atoms. The smallest absolute Gasteiger partial charge is 0.0625 e. The van der Waals surface area contributed by atoms with Crippen LogP contribution in [0.15, 0.2) is 18.2 Å². The van der Waals surface area contributed by atoms with Crippen molar-refractivity contribution in [2.45, 2.75) is 19.4 Å². The third-order valence-electron chi connectivity index (χ3n) is 2.09. The predicted molar refractivity (Wildman–Crippen MR) is 54.8 cm³/mol. The van der Waals surface area contributed by atoms with E-state index in [2.05, 4.69) is 0 Å². The molecule has 0 spiro atoms. The van der Waals surface area contributed by atoms with Gasteiger partial charge in [0.05, 0.1) is 12.6 Å². The van der Waals surface area contributed by atoms with E-state index >= 15 is 0 Å². The molecule has 0 aromatic heterocycles. The van der Waals surface area contributed by atoms with E-state index in [1.54, 1.807) is 6.07 Å². The number of halogens is 1. The van der Waals surface area contributed by atoms with Crippen molar-refractivity contribution >= 4 is 11.6 Å². The second kappa shape index (κ2) is 4.61. The summed E-state index contributed by atoms with van der Waals surface area (Å²) in [7, 11) is 0. The summed E-state index contributed by atoms with van der Waals surface area (Å²) < 4.78 is 0. The maximum atomic E-state index is 8.95. The summed E-state index contributed by atoms with van der Waals surface area (Å²) in [5, 5.41) is 9.59. The Hall–Kier alpha value is -0.570. The summed E-state index contributed by atoms with van der Waals surface area (Å²) in [6.07, 6.45) is 0.879. The van der Waals surface area contributed by atoms with Crippen LogP contribution in [0.4, 0.5) is 0 Å². The zero-order valence-corrected chi connectivity index (χ0v) is 8.38. The normalized spacial score (nSPS) is 12.9. The number of aryl methyl sites for hydroxylation is 1. The number of aliphatic hydroxyl groups is 1. The average molecular weight is 200 g/mol. The zero-order valence-electron chi connectivity index (χ0n) is 7.63. The van der Waals surface area contributed by atoms with Crippen LogP contribution in [0.3, 0.4) is 0 Å². The molecule has 0 aliphatic rings. The number of rotatable bonds is 3. The highest BCUT2D eigenvalue weighted by Crippen LogP contribution is 2.25. The lowest BCUT2D eigenvalue weighted by Gasteiger charge is -2.14. The molecule has 1 rings (SSSR count). The van der Waals surface area contributed by atoms with Crippen LogP contribution in [0.25, 0.3) is 0 Å². The van der Waals surface area contributed by atoms with Crippen LogP contribution in [0.5, 0.6) is 0 Å². The van der Waals surface area contributed by atoms with Crippen LogP contribution in [0, 0.1) is 0 Å². The van der Waals surface area contributed by atoms with Crippen LogP contribution >= 0.6 is 11.6 Å². The van der Waals surface area contributed by atoms with Crippen molar-refractivity contribution in [3.05, 3.63) is 34.3 Å². The molecule has 1 aromatic rings. The number of nitrogens with two attached hydrogens (primary N) is 1. The van der Waals surface area contributed by atoms with Crippen molar-refractivity contribution in [3.8, 4) is 0 Å². The molecule has 3 heteroatoms. The molecule has 72 valence electrons. The summed E-state index contributed by atoms with van der Waals surface area (Å²) >= 11 is 5.99. The Morgan fingerprint density at radius 1 is 1.54 bits per heavy atom. The lowest BCUT2D eigenvalue weighted by Crippen LogP contribution is -2.16. The molecular formula is C10H14ClNO. The van der Waals surface area contributed by atoms with Gasteiger partial charge in [0.2, 0.25) is 0 Å². The monoisotopic (exact) mass is 199 g/mol. The highest BCUT2D eigenvalue weighted by Gasteiger charge is 2.12. The maximum absolute atomic E-state index is 8.95.